The summed E-state index contributed by atoms with van der Waals surface area (Å²) in [5, 5.41) is 16.9. The molecule has 0 spiro atoms. The number of fused-ring (bicyclic) bond motifs is 7. The topological polar surface area (TPSA) is 139 Å². The van der Waals surface area contributed by atoms with Crippen LogP contribution in [0.4, 0.5) is 0 Å². The van der Waals surface area contributed by atoms with Gasteiger partial charge in [0.15, 0.2) is 5.78 Å². The average Bonchev–Trinajstić information content (AvgIpc) is 3.50. The molecule has 0 heterocycles. The van der Waals surface area contributed by atoms with E-state index in [0.717, 1.165) is 89.0 Å². The van der Waals surface area contributed by atoms with Crippen LogP contribution in [0.25, 0.3) is 0 Å². The molecule has 0 radical (unpaired) electrons. The van der Waals surface area contributed by atoms with Crippen molar-refractivity contribution in [3.63, 3.8) is 0 Å². The van der Waals surface area contributed by atoms with Crippen LogP contribution in [0.1, 0.15) is 175 Å². The first-order chi connectivity index (χ1) is 29.4. The number of carboxylic acid groups (broad SMARTS) is 1. The minimum Gasteiger partial charge on any atom is -0.481 e. The molecule has 10 heteroatoms. The standard InChI is InChI=1S/C53H75ClN2O7/c1-31(2)42-37(57)28-52(29-41(58)55-30-53(21-11-10-12-22-53)56-44(59)32-13-15-33(54)16-14-32)26-25-50(8)34(43(42)52)17-18-39-49(7)23-20-40(48(5,6)38(49)19-24-51(39,50)9)63-46(62)36-27-35(45(60)61)47(36,3)4/h13-16,31,34-36,38-40H,10-12,17-30H2,1-9H3,(H,55,58)(H,56,59)(H,60,61)/t34-,35+,36-,38+,39-,40+,49+,50-,51-,52+/m1/s1. The van der Waals surface area contributed by atoms with Crippen molar-refractivity contribution in [2.45, 2.75) is 177 Å². The van der Waals surface area contributed by atoms with Crippen LogP contribution >= 0.6 is 11.6 Å². The van der Waals surface area contributed by atoms with Crippen LogP contribution in [0.2, 0.25) is 5.02 Å². The molecule has 10 atom stereocenters. The first-order valence-corrected chi connectivity index (χ1v) is 24.9. The van der Waals surface area contributed by atoms with E-state index < -0.39 is 34.2 Å². The Bertz CT molecular complexity index is 2070. The van der Waals surface area contributed by atoms with Crippen molar-refractivity contribution < 1.29 is 33.8 Å². The summed E-state index contributed by atoms with van der Waals surface area (Å²) in [6.45, 7) is 20.7. The van der Waals surface area contributed by atoms with E-state index in [1.54, 1.807) is 24.3 Å². The molecule has 0 bridgehead atoms. The normalized spacial score (nSPS) is 38.6. The second-order valence-electron chi connectivity index (χ2n) is 24.0. The third-order valence-corrected chi connectivity index (χ3v) is 20.3. The molecule has 0 aromatic heterocycles. The second kappa shape index (κ2) is 16.0. The molecule has 7 aliphatic rings. The number of halogens is 1. The number of carboxylic acids is 1. The fourth-order valence-corrected chi connectivity index (χ4v) is 16.4. The summed E-state index contributed by atoms with van der Waals surface area (Å²) in [7, 11) is 0. The predicted octanol–water partition coefficient (Wildman–Crippen LogP) is 10.9. The lowest BCUT2D eigenvalue weighted by Crippen LogP contribution is -2.66. The molecule has 6 saturated carbocycles. The molecule has 9 nitrogen and oxygen atoms in total. The number of nitrogens with one attached hydrogen (secondary N) is 2. The maximum absolute atomic E-state index is 14.4. The van der Waals surface area contributed by atoms with Crippen molar-refractivity contribution in [1.29, 1.82) is 0 Å². The Morgan fingerprint density at radius 3 is 2.11 bits per heavy atom. The number of ketones is 1. The van der Waals surface area contributed by atoms with Crippen LogP contribution in [-0.2, 0) is 23.9 Å². The monoisotopic (exact) mass is 887 g/mol. The van der Waals surface area contributed by atoms with E-state index in [1.165, 1.54) is 5.57 Å². The Hall–Kier alpha value is -3.20. The van der Waals surface area contributed by atoms with Crippen LogP contribution in [0, 0.1) is 68.0 Å². The Kier molecular flexibility index (Phi) is 11.8. The van der Waals surface area contributed by atoms with Crippen LogP contribution in [0.3, 0.4) is 0 Å². The van der Waals surface area contributed by atoms with E-state index >= 15 is 0 Å². The highest BCUT2D eigenvalue weighted by atomic mass is 35.5. The molecule has 1 aromatic rings. The van der Waals surface area contributed by atoms with Crippen molar-refractivity contribution in [3.05, 3.63) is 46.0 Å². The molecular formula is C53H75ClN2O7. The largest absolute Gasteiger partial charge is 0.481 e. The molecule has 0 aliphatic heterocycles. The number of amides is 2. The first-order valence-electron chi connectivity index (χ1n) is 24.5. The zero-order chi connectivity index (χ0) is 45.7. The van der Waals surface area contributed by atoms with E-state index in [0.29, 0.717) is 48.2 Å². The quantitative estimate of drug-likeness (QED) is 0.199. The third kappa shape index (κ3) is 7.34. The maximum atomic E-state index is 14.4. The number of carbonyl (C=O) groups excluding carboxylic acids is 4. The molecule has 8 rings (SSSR count). The van der Waals surface area contributed by atoms with Crippen molar-refractivity contribution >= 4 is 41.1 Å². The summed E-state index contributed by atoms with van der Waals surface area (Å²) in [6.07, 6.45) is 13.3. The van der Waals surface area contributed by atoms with Crippen molar-refractivity contribution in [3.8, 4) is 0 Å². The number of hydrogen-bond acceptors (Lipinski definition) is 6. The van der Waals surface area contributed by atoms with E-state index in [-0.39, 0.29) is 63.2 Å². The molecule has 346 valence electrons. The van der Waals surface area contributed by atoms with Gasteiger partial charge in [-0.2, -0.15) is 0 Å². The van der Waals surface area contributed by atoms with Gasteiger partial charge in [0.1, 0.15) is 6.10 Å². The van der Waals surface area contributed by atoms with Gasteiger partial charge in [-0.15, -0.1) is 0 Å². The van der Waals surface area contributed by atoms with Gasteiger partial charge in [-0.1, -0.05) is 98.8 Å². The van der Waals surface area contributed by atoms with Crippen LogP contribution in [0.5, 0.6) is 0 Å². The number of ether oxygens (including phenoxy) is 1. The number of esters is 1. The second-order valence-corrected chi connectivity index (χ2v) is 24.5. The molecule has 7 aliphatic carbocycles. The molecule has 63 heavy (non-hydrogen) atoms. The SMILES string of the molecule is CC(C)C1=C2[C@H]3CC[C@@H]4[C@@]5(C)CC[C@H](OC(=O)[C@H]6C[C@@H](C(=O)O)C6(C)C)C(C)(C)[C@@H]5CC[C@@]4(C)[C@]3(C)CC[C@@]2(CC(=O)NCC2(NC(=O)c3ccc(Cl)cc3)CCCCC2)CC1=O. The minimum atomic E-state index is -0.838. The highest BCUT2D eigenvalue weighted by molar-refractivity contribution is 6.30. The van der Waals surface area contributed by atoms with Gasteiger partial charge in [-0.05, 0) is 146 Å². The number of hydrogen-bond donors (Lipinski definition) is 3. The smallest absolute Gasteiger partial charge is 0.309 e. The van der Waals surface area contributed by atoms with Gasteiger partial charge in [-0.3, -0.25) is 24.0 Å². The van der Waals surface area contributed by atoms with Gasteiger partial charge >= 0.3 is 11.9 Å². The lowest BCUT2D eigenvalue weighted by atomic mass is 9.33. The number of carbonyl (C=O) groups is 5. The summed E-state index contributed by atoms with van der Waals surface area (Å²) in [4.78, 5) is 67.7. The minimum absolute atomic E-state index is 0.0212. The lowest BCUT2D eigenvalue weighted by molar-refractivity contribution is -0.236. The van der Waals surface area contributed by atoms with Gasteiger partial charge in [-0.25, -0.2) is 0 Å². The van der Waals surface area contributed by atoms with Gasteiger partial charge in [0.25, 0.3) is 5.91 Å². The number of allylic oxidation sites excluding steroid dienone is 2. The molecule has 6 fully saturated rings. The maximum Gasteiger partial charge on any atom is 0.309 e. The highest BCUT2D eigenvalue weighted by Gasteiger charge is 2.70. The summed E-state index contributed by atoms with van der Waals surface area (Å²) >= 11 is 6.11. The third-order valence-electron chi connectivity index (χ3n) is 20.0. The fraction of sp³-hybridized carbons (Fsp3) is 0.755. The van der Waals surface area contributed by atoms with Crippen molar-refractivity contribution in [1.82, 2.24) is 10.6 Å². The number of Topliss-reactive ketones (excluding diaryl/α,β-unsaturated/α-hetero) is 1. The van der Waals surface area contributed by atoms with Gasteiger partial charge < -0.3 is 20.5 Å². The molecular weight excluding hydrogens is 812 g/mol. The Morgan fingerprint density at radius 2 is 1.48 bits per heavy atom. The van der Waals surface area contributed by atoms with Gasteiger partial charge in [0, 0.05) is 40.8 Å². The zero-order valence-electron chi connectivity index (χ0n) is 39.6. The number of rotatable bonds is 10. The molecule has 0 unspecified atom stereocenters. The molecule has 3 N–H and O–H groups in total. The average molecular weight is 888 g/mol. The number of aliphatic carboxylic acids is 1. The summed E-state index contributed by atoms with van der Waals surface area (Å²) < 4.78 is 6.44. The summed E-state index contributed by atoms with van der Waals surface area (Å²) in [5.41, 5.74) is 0.955. The molecule has 1 aromatic carbocycles. The van der Waals surface area contributed by atoms with E-state index in [1.807, 2.05) is 13.8 Å². The number of benzene rings is 1. The fourth-order valence-electron chi connectivity index (χ4n) is 16.2. The Balaban J connectivity index is 1.00. The van der Waals surface area contributed by atoms with Crippen LogP contribution in [-0.4, -0.2) is 52.8 Å². The highest BCUT2D eigenvalue weighted by Crippen LogP contribution is 2.77. The van der Waals surface area contributed by atoms with Crippen molar-refractivity contribution in [2.24, 2.45) is 68.0 Å². The van der Waals surface area contributed by atoms with E-state index in [2.05, 4.69) is 59.1 Å². The van der Waals surface area contributed by atoms with E-state index in [4.69, 9.17) is 16.3 Å². The summed E-state index contributed by atoms with van der Waals surface area (Å²) in [6, 6.07) is 6.93. The molecule has 0 saturated heterocycles. The first kappa shape index (κ1) is 46.3. The molecule has 2 amide bonds. The van der Waals surface area contributed by atoms with E-state index in [9.17, 15) is 29.1 Å². The zero-order valence-corrected chi connectivity index (χ0v) is 40.4. The van der Waals surface area contributed by atoms with Crippen LogP contribution < -0.4 is 10.6 Å². The van der Waals surface area contributed by atoms with Crippen LogP contribution in [0.15, 0.2) is 35.4 Å². The predicted molar refractivity (Wildman–Crippen MR) is 245 cm³/mol. The van der Waals surface area contributed by atoms with Gasteiger partial charge in [0.2, 0.25) is 5.91 Å². The summed E-state index contributed by atoms with van der Waals surface area (Å²) in [5.74, 6) is -0.834. The van der Waals surface area contributed by atoms with Crippen molar-refractivity contribution in [2.75, 3.05) is 6.54 Å². The van der Waals surface area contributed by atoms with Gasteiger partial charge in [0.05, 0.1) is 17.4 Å². The Labute approximate surface area is 381 Å². The lowest BCUT2D eigenvalue weighted by Gasteiger charge is -2.72. The Morgan fingerprint density at radius 1 is 0.794 bits per heavy atom.